The van der Waals surface area contributed by atoms with Crippen LogP contribution in [0.2, 0.25) is 0 Å². The van der Waals surface area contributed by atoms with Crippen molar-refractivity contribution in [3.05, 3.63) is 29.8 Å². The Kier molecular flexibility index (Phi) is 6.18. The van der Waals surface area contributed by atoms with Gasteiger partial charge in [-0.25, -0.2) is 0 Å². The zero-order chi connectivity index (χ0) is 16.9. The molecule has 1 saturated heterocycles. The maximum absolute atomic E-state index is 12.2. The number of carbonyl (C=O) groups excluding carboxylic acids is 1. The molecule has 0 aliphatic carbocycles. The number of esters is 1. The molecule has 0 saturated carbocycles. The average Bonchev–Trinajstić information content (AvgIpc) is 2.86. The number of unbranched alkanes of at least 4 members (excludes halogenated alkanes) is 2. The zero-order valence-electron chi connectivity index (χ0n) is 13.7. The van der Waals surface area contributed by atoms with E-state index in [4.69, 9.17) is 8.92 Å². The molecule has 0 radical (unpaired) electrons. The first kappa shape index (κ1) is 17.9. The van der Waals surface area contributed by atoms with E-state index in [1.54, 1.807) is 12.1 Å². The van der Waals surface area contributed by atoms with Gasteiger partial charge in [-0.05, 0) is 25.5 Å². The molecule has 128 valence electrons. The highest BCUT2D eigenvalue weighted by Gasteiger charge is 2.35. The van der Waals surface area contributed by atoms with Crippen molar-refractivity contribution in [2.45, 2.75) is 57.0 Å². The Morgan fingerprint density at radius 2 is 1.91 bits per heavy atom. The van der Waals surface area contributed by atoms with E-state index in [2.05, 4.69) is 6.92 Å². The summed E-state index contributed by atoms with van der Waals surface area (Å²) in [5, 5.41) is 0. The molecule has 1 aromatic rings. The predicted molar refractivity (Wildman–Crippen MR) is 86.4 cm³/mol. The first-order valence-corrected chi connectivity index (χ1v) is 9.49. The second-order valence-corrected chi connectivity index (χ2v) is 7.66. The highest BCUT2D eigenvalue weighted by Crippen LogP contribution is 2.28. The summed E-state index contributed by atoms with van der Waals surface area (Å²) in [4.78, 5) is 11.6. The number of ether oxygens (including phenoxy) is 1. The molecule has 0 unspecified atom stereocenters. The van der Waals surface area contributed by atoms with Crippen molar-refractivity contribution in [3.63, 3.8) is 0 Å². The Hall–Kier alpha value is -1.40. The molecule has 0 spiro atoms. The van der Waals surface area contributed by atoms with Gasteiger partial charge in [0.1, 0.15) is 12.7 Å². The molecule has 0 amide bonds. The topological polar surface area (TPSA) is 69.7 Å². The Labute approximate surface area is 138 Å². The lowest BCUT2D eigenvalue weighted by Crippen LogP contribution is -2.25. The predicted octanol–water partition coefficient (Wildman–Crippen LogP) is 3.21. The third-order valence-corrected chi connectivity index (χ3v) is 5.41. The lowest BCUT2D eigenvalue weighted by Gasteiger charge is -2.17. The van der Waals surface area contributed by atoms with Crippen LogP contribution in [0.15, 0.2) is 29.2 Å². The van der Waals surface area contributed by atoms with Gasteiger partial charge in [-0.2, -0.15) is 8.42 Å². The van der Waals surface area contributed by atoms with Gasteiger partial charge >= 0.3 is 5.97 Å². The third-order valence-electron chi connectivity index (χ3n) is 4.11. The Balaban J connectivity index is 1.94. The van der Waals surface area contributed by atoms with Gasteiger partial charge in [0.05, 0.1) is 11.3 Å². The van der Waals surface area contributed by atoms with Crippen LogP contribution in [0.3, 0.4) is 0 Å². The fourth-order valence-electron chi connectivity index (χ4n) is 2.70. The molecule has 1 heterocycles. The minimum Gasteiger partial charge on any atom is -0.460 e. The number of rotatable bonds is 8. The molecule has 1 aliphatic rings. The van der Waals surface area contributed by atoms with E-state index in [0.717, 1.165) is 31.2 Å². The van der Waals surface area contributed by atoms with Crippen LogP contribution in [0, 0.1) is 12.8 Å². The summed E-state index contributed by atoms with van der Waals surface area (Å²) in [6, 6.07) is 6.48. The molecule has 23 heavy (non-hydrogen) atoms. The van der Waals surface area contributed by atoms with Gasteiger partial charge in [-0.15, -0.1) is 0 Å². The molecule has 0 N–H and O–H groups in total. The standard InChI is InChI=1S/C17H24O5S/c1-3-4-5-6-14-11-17(18)22-16(14)12-21-23(19,20)15-9-7-13(2)8-10-15/h7-10,14,16H,3-6,11-12H2,1-2H3/t14-,16+/m0/s1. The minimum absolute atomic E-state index is 0.0438. The smallest absolute Gasteiger partial charge is 0.306 e. The van der Waals surface area contributed by atoms with Gasteiger partial charge in [-0.1, -0.05) is 43.9 Å². The number of cyclic esters (lactones) is 1. The molecule has 6 heteroatoms. The molecule has 1 aliphatic heterocycles. The lowest BCUT2D eigenvalue weighted by molar-refractivity contribution is -0.142. The van der Waals surface area contributed by atoms with Crippen LogP contribution in [0.1, 0.15) is 44.6 Å². The Morgan fingerprint density at radius 3 is 2.57 bits per heavy atom. The molecule has 2 atom stereocenters. The van der Waals surface area contributed by atoms with Gasteiger partial charge in [-0.3, -0.25) is 8.98 Å². The molecule has 5 nitrogen and oxygen atoms in total. The number of benzene rings is 1. The SMILES string of the molecule is CCCCC[C@H]1CC(=O)O[C@@H]1COS(=O)(=O)c1ccc(C)cc1. The van der Waals surface area contributed by atoms with Crippen LogP contribution < -0.4 is 0 Å². The third kappa shape index (κ3) is 5.04. The van der Waals surface area contributed by atoms with Gasteiger partial charge in [0.15, 0.2) is 0 Å². The Morgan fingerprint density at radius 1 is 1.22 bits per heavy atom. The van der Waals surface area contributed by atoms with Crippen molar-refractivity contribution in [1.29, 1.82) is 0 Å². The monoisotopic (exact) mass is 340 g/mol. The van der Waals surface area contributed by atoms with E-state index < -0.39 is 16.2 Å². The summed E-state index contributed by atoms with van der Waals surface area (Å²) in [6.07, 6.45) is 3.95. The number of aryl methyl sites for hydroxylation is 1. The van der Waals surface area contributed by atoms with Crippen LogP contribution in [0.4, 0.5) is 0 Å². The van der Waals surface area contributed by atoms with Crippen molar-refractivity contribution < 1.29 is 22.1 Å². The van der Waals surface area contributed by atoms with Crippen molar-refractivity contribution in [2.24, 2.45) is 5.92 Å². The largest absolute Gasteiger partial charge is 0.460 e. The molecular formula is C17H24O5S. The summed E-state index contributed by atoms with van der Waals surface area (Å²) in [5.74, 6) is -0.227. The Bertz CT molecular complexity index is 621. The van der Waals surface area contributed by atoms with Crippen LogP contribution in [-0.4, -0.2) is 27.1 Å². The first-order valence-electron chi connectivity index (χ1n) is 8.08. The molecular weight excluding hydrogens is 316 g/mol. The van der Waals surface area contributed by atoms with Crippen LogP contribution in [0.25, 0.3) is 0 Å². The minimum atomic E-state index is -3.82. The second-order valence-electron chi connectivity index (χ2n) is 6.04. The second kappa shape index (κ2) is 7.93. The first-order chi connectivity index (χ1) is 10.9. The molecule has 1 aromatic carbocycles. The van der Waals surface area contributed by atoms with Crippen LogP contribution in [0.5, 0.6) is 0 Å². The van der Waals surface area contributed by atoms with Crippen molar-refractivity contribution in [1.82, 2.24) is 0 Å². The fourth-order valence-corrected chi connectivity index (χ4v) is 3.62. The number of carbonyl (C=O) groups is 1. The van der Waals surface area contributed by atoms with E-state index in [-0.39, 0.29) is 23.4 Å². The summed E-state index contributed by atoms with van der Waals surface area (Å²) >= 11 is 0. The molecule has 0 aromatic heterocycles. The maximum atomic E-state index is 12.2. The fraction of sp³-hybridized carbons (Fsp3) is 0.588. The summed E-state index contributed by atoms with van der Waals surface area (Å²) in [6.45, 7) is 3.89. The average molecular weight is 340 g/mol. The zero-order valence-corrected chi connectivity index (χ0v) is 14.5. The van der Waals surface area contributed by atoms with Gasteiger partial charge in [0, 0.05) is 5.92 Å². The van der Waals surface area contributed by atoms with Gasteiger partial charge in [0.2, 0.25) is 0 Å². The van der Waals surface area contributed by atoms with E-state index in [1.807, 2.05) is 6.92 Å². The molecule has 2 rings (SSSR count). The van der Waals surface area contributed by atoms with Gasteiger partial charge < -0.3 is 4.74 Å². The van der Waals surface area contributed by atoms with Gasteiger partial charge in [0.25, 0.3) is 10.1 Å². The van der Waals surface area contributed by atoms with Crippen molar-refractivity contribution in [3.8, 4) is 0 Å². The van der Waals surface area contributed by atoms with E-state index >= 15 is 0 Å². The van der Waals surface area contributed by atoms with E-state index in [1.165, 1.54) is 12.1 Å². The van der Waals surface area contributed by atoms with Crippen LogP contribution >= 0.6 is 0 Å². The van der Waals surface area contributed by atoms with E-state index in [9.17, 15) is 13.2 Å². The normalized spacial score (nSPS) is 21.4. The van der Waals surface area contributed by atoms with Crippen LogP contribution in [-0.2, 0) is 23.8 Å². The summed E-state index contributed by atoms with van der Waals surface area (Å²) in [7, 11) is -3.82. The lowest BCUT2D eigenvalue weighted by atomic mass is 9.95. The van der Waals surface area contributed by atoms with E-state index in [0.29, 0.717) is 6.42 Å². The molecule has 0 bridgehead atoms. The van der Waals surface area contributed by atoms with Crippen molar-refractivity contribution >= 4 is 16.1 Å². The molecule has 1 fully saturated rings. The maximum Gasteiger partial charge on any atom is 0.306 e. The van der Waals surface area contributed by atoms with Crippen molar-refractivity contribution in [2.75, 3.05) is 6.61 Å². The number of hydrogen-bond donors (Lipinski definition) is 0. The number of hydrogen-bond acceptors (Lipinski definition) is 5. The summed E-state index contributed by atoms with van der Waals surface area (Å²) in [5.41, 5.74) is 0.977. The highest BCUT2D eigenvalue weighted by molar-refractivity contribution is 7.86. The quantitative estimate of drug-likeness (QED) is 0.413. The summed E-state index contributed by atoms with van der Waals surface area (Å²) < 4.78 is 34.7. The highest BCUT2D eigenvalue weighted by atomic mass is 32.2.